The van der Waals surface area contributed by atoms with Crippen LogP contribution in [0.2, 0.25) is 0 Å². The Morgan fingerprint density at radius 3 is 1.59 bits per heavy atom. The second-order valence-electron chi connectivity index (χ2n) is 11.1. The minimum absolute atomic E-state index is 0.320. The molecule has 1 aliphatic heterocycles. The number of amides is 2. The summed E-state index contributed by atoms with van der Waals surface area (Å²) in [5.74, 6) is -0.769. The molecule has 8 rings (SSSR count). The van der Waals surface area contributed by atoms with Crippen molar-refractivity contribution in [2.75, 3.05) is 4.90 Å². The number of nitrogens with zero attached hydrogens (tertiary/aromatic N) is 4. The van der Waals surface area contributed by atoms with Crippen molar-refractivity contribution in [1.82, 2.24) is 4.57 Å². The SMILES string of the molecule is N#Cc1ccccc1-c1ccc2c3ccc(-c4ccccc4C#N)cc3n(-c3cccc4c3C(=O)N(c3ccccc3)C4=O)c2c1. The fourth-order valence-electron chi connectivity index (χ4n) is 6.54. The average molecular weight is 591 g/mol. The number of aromatic nitrogens is 1. The topological polar surface area (TPSA) is 89.9 Å². The van der Waals surface area contributed by atoms with Crippen LogP contribution in [0.15, 0.2) is 133 Å². The van der Waals surface area contributed by atoms with Gasteiger partial charge in [-0.1, -0.05) is 84.9 Å². The van der Waals surface area contributed by atoms with Gasteiger partial charge in [0, 0.05) is 10.8 Å². The lowest BCUT2D eigenvalue weighted by Gasteiger charge is -2.15. The van der Waals surface area contributed by atoms with E-state index < -0.39 is 5.91 Å². The van der Waals surface area contributed by atoms with Gasteiger partial charge in [0.1, 0.15) is 0 Å². The first kappa shape index (κ1) is 26.8. The summed E-state index contributed by atoms with van der Waals surface area (Å²) in [7, 11) is 0. The van der Waals surface area contributed by atoms with E-state index in [4.69, 9.17) is 0 Å². The monoisotopic (exact) mass is 590 g/mol. The van der Waals surface area contributed by atoms with Gasteiger partial charge in [-0.15, -0.1) is 0 Å². The number of hydrogen-bond acceptors (Lipinski definition) is 4. The van der Waals surface area contributed by atoms with E-state index in [1.807, 2.05) is 89.5 Å². The number of imide groups is 1. The quantitative estimate of drug-likeness (QED) is 0.192. The molecule has 1 aliphatic rings. The fourth-order valence-corrected chi connectivity index (χ4v) is 6.54. The highest BCUT2D eigenvalue weighted by Gasteiger charge is 2.39. The van der Waals surface area contributed by atoms with E-state index in [-0.39, 0.29) is 5.91 Å². The number of hydrogen-bond donors (Lipinski definition) is 0. The van der Waals surface area contributed by atoms with Gasteiger partial charge in [-0.3, -0.25) is 9.59 Å². The van der Waals surface area contributed by atoms with Gasteiger partial charge in [0.05, 0.1) is 56.8 Å². The first-order valence-corrected chi connectivity index (χ1v) is 14.7. The highest BCUT2D eigenvalue weighted by molar-refractivity contribution is 6.35. The number of fused-ring (bicyclic) bond motifs is 4. The van der Waals surface area contributed by atoms with Crippen LogP contribution in [-0.2, 0) is 0 Å². The smallest absolute Gasteiger partial charge is 0.268 e. The van der Waals surface area contributed by atoms with Gasteiger partial charge < -0.3 is 4.57 Å². The number of anilines is 1. The first-order valence-electron chi connectivity index (χ1n) is 14.7. The number of carbonyl (C=O) groups excluding carboxylic acids is 2. The van der Waals surface area contributed by atoms with Gasteiger partial charge >= 0.3 is 0 Å². The lowest BCUT2D eigenvalue weighted by atomic mass is 9.98. The normalized spacial score (nSPS) is 12.3. The molecule has 0 spiro atoms. The Hall–Kier alpha value is -6.76. The second kappa shape index (κ2) is 10.4. The van der Waals surface area contributed by atoms with E-state index in [1.54, 1.807) is 48.5 Å². The zero-order valence-corrected chi connectivity index (χ0v) is 24.3. The number of rotatable bonds is 4. The molecule has 0 saturated carbocycles. The van der Waals surface area contributed by atoms with Crippen molar-refractivity contribution in [2.45, 2.75) is 0 Å². The highest BCUT2D eigenvalue weighted by Crippen LogP contribution is 2.40. The van der Waals surface area contributed by atoms with Crippen molar-refractivity contribution in [3.8, 4) is 40.1 Å². The predicted molar refractivity (Wildman–Crippen MR) is 179 cm³/mol. The lowest BCUT2D eigenvalue weighted by molar-refractivity contribution is 0.0926. The third-order valence-electron chi connectivity index (χ3n) is 8.63. The van der Waals surface area contributed by atoms with Crippen molar-refractivity contribution in [3.05, 3.63) is 156 Å². The van der Waals surface area contributed by atoms with E-state index >= 15 is 0 Å². The zero-order chi connectivity index (χ0) is 31.4. The third-order valence-corrected chi connectivity index (χ3v) is 8.63. The number of nitriles is 2. The third kappa shape index (κ3) is 3.95. The molecular formula is C40H22N4O2. The summed E-state index contributed by atoms with van der Waals surface area (Å²) in [6.45, 7) is 0. The summed E-state index contributed by atoms with van der Waals surface area (Å²) in [6.07, 6.45) is 0. The zero-order valence-electron chi connectivity index (χ0n) is 24.3. The second-order valence-corrected chi connectivity index (χ2v) is 11.1. The molecule has 2 heterocycles. The van der Waals surface area contributed by atoms with Gasteiger partial charge in [-0.05, 0) is 70.8 Å². The standard InChI is InChI=1S/C40H22N4O2/c41-23-27-9-4-6-13-30(27)25-17-19-32-33-20-18-26(31-14-7-5-10-28(31)24-42)22-37(33)44(36(32)21-25)35-16-8-15-34-38(35)40(46)43(39(34)45)29-11-2-1-3-12-29/h1-22H. The van der Waals surface area contributed by atoms with Gasteiger partial charge in [0.25, 0.3) is 11.8 Å². The molecule has 0 unspecified atom stereocenters. The lowest BCUT2D eigenvalue weighted by Crippen LogP contribution is -2.29. The Labute approximate surface area is 264 Å². The number of para-hydroxylation sites is 1. The Balaban J connectivity index is 1.45. The summed E-state index contributed by atoms with van der Waals surface area (Å²) in [5.41, 5.74) is 7.78. The summed E-state index contributed by atoms with van der Waals surface area (Å²) < 4.78 is 2.03. The summed E-state index contributed by atoms with van der Waals surface area (Å²) >= 11 is 0. The maximum Gasteiger partial charge on any atom is 0.268 e. The fraction of sp³-hybridized carbons (Fsp3) is 0. The predicted octanol–water partition coefficient (Wildman–Crippen LogP) is 8.66. The molecule has 7 aromatic rings. The van der Waals surface area contributed by atoms with Crippen LogP contribution in [0.3, 0.4) is 0 Å². The van der Waals surface area contributed by atoms with Crippen LogP contribution < -0.4 is 4.90 Å². The molecule has 6 nitrogen and oxygen atoms in total. The number of benzene rings is 6. The number of carbonyl (C=O) groups is 2. The molecule has 2 amide bonds. The maximum absolute atomic E-state index is 14.2. The Bertz CT molecular complexity index is 2380. The molecule has 0 aliphatic carbocycles. The molecule has 0 fully saturated rings. The molecule has 46 heavy (non-hydrogen) atoms. The first-order chi connectivity index (χ1) is 22.6. The molecule has 214 valence electrons. The van der Waals surface area contributed by atoms with E-state index in [0.717, 1.165) is 44.1 Å². The van der Waals surface area contributed by atoms with E-state index in [1.165, 1.54) is 4.90 Å². The minimum Gasteiger partial charge on any atom is -0.308 e. The Morgan fingerprint density at radius 1 is 0.500 bits per heavy atom. The molecule has 1 aromatic heterocycles. The molecule has 6 heteroatoms. The molecule has 6 aromatic carbocycles. The Kier molecular flexibility index (Phi) is 6.10. The van der Waals surface area contributed by atoms with Crippen molar-refractivity contribution in [1.29, 1.82) is 10.5 Å². The van der Waals surface area contributed by atoms with Crippen LogP contribution in [0, 0.1) is 22.7 Å². The molecule has 0 bridgehead atoms. The van der Waals surface area contributed by atoms with Crippen LogP contribution in [0.25, 0.3) is 49.7 Å². The molecule has 0 atom stereocenters. The van der Waals surface area contributed by atoms with Gasteiger partial charge in [-0.25, -0.2) is 4.90 Å². The van der Waals surface area contributed by atoms with Crippen LogP contribution in [0.5, 0.6) is 0 Å². The molecular weight excluding hydrogens is 568 g/mol. The van der Waals surface area contributed by atoms with E-state index in [9.17, 15) is 20.1 Å². The van der Waals surface area contributed by atoms with E-state index in [2.05, 4.69) is 12.1 Å². The molecule has 0 N–H and O–H groups in total. The molecule has 0 radical (unpaired) electrons. The molecule has 0 saturated heterocycles. The minimum atomic E-state index is -0.395. The summed E-state index contributed by atoms with van der Waals surface area (Å²) in [4.78, 5) is 29.1. The summed E-state index contributed by atoms with van der Waals surface area (Å²) in [6, 6.07) is 45.9. The highest BCUT2D eigenvalue weighted by atomic mass is 16.2. The van der Waals surface area contributed by atoms with Crippen LogP contribution in [0.1, 0.15) is 31.8 Å². The van der Waals surface area contributed by atoms with Crippen molar-refractivity contribution in [3.63, 3.8) is 0 Å². The van der Waals surface area contributed by atoms with Crippen LogP contribution >= 0.6 is 0 Å². The van der Waals surface area contributed by atoms with Crippen molar-refractivity contribution < 1.29 is 9.59 Å². The largest absolute Gasteiger partial charge is 0.308 e. The van der Waals surface area contributed by atoms with Gasteiger partial charge in [0.2, 0.25) is 0 Å². The Morgan fingerprint density at radius 2 is 1.02 bits per heavy atom. The van der Waals surface area contributed by atoms with Gasteiger partial charge in [0.15, 0.2) is 0 Å². The van der Waals surface area contributed by atoms with E-state index in [0.29, 0.717) is 33.6 Å². The van der Waals surface area contributed by atoms with Crippen molar-refractivity contribution in [2.24, 2.45) is 0 Å². The van der Waals surface area contributed by atoms with Gasteiger partial charge in [-0.2, -0.15) is 10.5 Å². The van der Waals surface area contributed by atoms with Crippen LogP contribution in [-0.4, -0.2) is 16.4 Å². The van der Waals surface area contributed by atoms with Crippen LogP contribution in [0.4, 0.5) is 5.69 Å². The maximum atomic E-state index is 14.2. The summed E-state index contributed by atoms with van der Waals surface area (Å²) in [5, 5.41) is 21.6. The van der Waals surface area contributed by atoms with Crippen molar-refractivity contribution >= 4 is 39.3 Å². The average Bonchev–Trinajstić information content (AvgIpc) is 3.57.